The number of ether oxygens (including phenoxy) is 1. The predicted molar refractivity (Wildman–Crippen MR) is 135 cm³/mol. The third-order valence-corrected chi connectivity index (χ3v) is 5.40. The van der Waals surface area contributed by atoms with Crippen molar-refractivity contribution in [3.05, 3.63) is 88.2 Å². The van der Waals surface area contributed by atoms with Gasteiger partial charge in [0.05, 0.1) is 22.7 Å². The van der Waals surface area contributed by atoms with Gasteiger partial charge in [0, 0.05) is 37.0 Å². The normalized spacial score (nSPS) is 11.7. The van der Waals surface area contributed by atoms with Crippen LogP contribution in [0.15, 0.2) is 76.6 Å². The largest absolute Gasteiger partial charge is 0.483 e. The van der Waals surface area contributed by atoms with Crippen molar-refractivity contribution in [2.24, 2.45) is 10.8 Å². The standard InChI is InChI=1S/C26H22F3N5O3/c1-33(2)19-11-10-17(22(13-19)37-15-23(30)35)14-31-34-24(16-6-5-7-18(12-16)26(27,28)29)32-21-9-4-3-8-20(21)25(34)36/h3-14H,15H2,1-2H3,(H2,30,35). The van der Waals surface area contributed by atoms with E-state index in [-0.39, 0.29) is 29.1 Å². The highest BCUT2D eigenvalue weighted by atomic mass is 19.4. The SMILES string of the molecule is CN(C)c1ccc(C=Nn2c(-c3cccc(C(F)(F)F)c3)nc3ccccc3c2=O)c(OCC(N)=O)c1. The molecule has 3 aromatic carbocycles. The van der Waals surface area contributed by atoms with Gasteiger partial charge in [-0.3, -0.25) is 9.59 Å². The number of amides is 1. The lowest BCUT2D eigenvalue weighted by Gasteiger charge is -2.16. The topological polar surface area (TPSA) is 103 Å². The number of carbonyl (C=O) groups excluding carboxylic acids is 1. The molecule has 190 valence electrons. The summed E-state index contributed by atoms with van der Waals surface area (Å²) in [5, 5.41) is 4.52. The van der Waals surface area contributed by atoms with Crippen molar-refractivity contribution in [2.75, 3.05) is 25.6 Å². The summed E-state index contributed by atoms with van der Waals surface area (Å²) in [4.78, 5) is 30.9. The molecule has 2 N–H and O–H groups in total. The minimum atomic E-state index is -4.58. The maximum Gasteiger partial charge on any atom is 0.416 e. The van der Waals surface area contributed by atoms with E-state index in [0.717, 1.165) is 22.5 Å². The van der Waals surface area contributed by atoms with Crippen molar-refractivity contribution in [3.63, 3.8) is 0 Å². The second-order valence-corrected chi connectivity index (χ2v) is 8.26. The smallest absolute Gasteiger partial charge is 0.416 e. The zero-order chi connectivity index (χ0) is 26.7. The van der Waals surface area contributed by atoms with Gasteiger partial charge in [0.2, 0.25) is 0 Å². The molecule has 0 spiro atoms. The van der Waals surface area contributed by atoms with E-state index in [1.807, 2.05) is 19.0 Å². The number of alkyl halides is 3. The van der Waals surface area contributed by atoms with E-state index in [1.165, 1.54) is 18.3 Å². The first-order valence-electron chi connectivity index (χ1n) is 11.0. The molecule has 8 nitrogen and oxygen atoms in total. The number of anilines is 1. The number of aromatic nitrogens is 2. The number of nitrogens with zero attached hydrogens (tertiary/aromatic N) is 4. The van der Waals surface area contributed by atoms with E-state index in [1.54, 1.807) is 42.5 Å². The summed E-state index contributed by atoms with van der Waals surface area (Å²) in [7, 11) is 3.64. The van der Waals surface area contributed by atoms with Crippen molar-refractivity contribution >= 4 is 28.7 Å². The quantitative estimate of drug-likeness (QED) is 0.381. The van der Waals surface area contributed by atoms with E-state index in [0.29, 0.717) is 11.1 Å². The van der Waals surface area contributed by atoms with Gasteiger partial charge in [-0.05, 0) is 36.4 Å². The molecule has 0 radical (unpaired) electrons. The Labute approximate surface area is 209 Å². The summed E-state index contributed by atoms with van der Waals surface area (Å²) in [6.45, 7) is -0.384. The molecule has 0 saturated carbocycles. The molecule has 0 aliphatic rings. The van der Waals surface area contributed by atoms with Crippen molar-refractivity contribution < 1.29 is 22.7 Å². The number of benzene rings is 3. The number of para-hydroxylation sites is 1. The number of carbonyl (C=O) groups is 1. The van der Waals surface area contributed by atoms with Gasteiger partial charge < -0.3 is 15.4 Å². The summed E-state index contributed by atoms with van der Waals surface area (Å²) in [6.07, 6.45) is -3.27. The van der Waals surface area contributed by atoms with Crippen molar-refractivity contribution in [2.45, 2.75) is 6.18 Å². The Morgan fingerprint density at radius 1 is 1.11 bits per heavy atom. The Bertz CT molecular complexity index is 1560. The third-order valence-electron chi connectivity index (χ3n) is 5.40. The molecule has 0 atom stereocenters. The van der Waals surface area contributed by atoms with E-state index in [4.69, 9.17) is 10.5 Å². The van der Waals surface area contributed by atoms with Gasteiger partial charge in [-0.15, -0.1) is 0 Å². The van der Waals surface area contributed by atoms with Gasteiger partial charge >= 0.3 is 6.18 Å². The molecule has 37 heavy (non-hydrogen) atoms. The van der Waals surface area contributed by atoms with Crippen LogP contribution in [0.3, 0.4) is 0 Å². The lowest BCUT2D eigenvalue weighted by Crippen LogP contribution is -2.21. The second-order valence-electron chi connectivity index (χ2n) is 8.26. The van der Waals surface area contributed by atoms with Gasteiger partial charge in [-0.25, -0.2) is 4.98 Å². The van der Waals surface area contributed by atoms with Gasteiger partial charge in [0.15, 0.2) is 12.4 Å². The van der Waals surface area contributed by atoms with E-state index in [2.05, 4.69) is 10.1 Å². The summed E-state index contributed by atoms with van der Waals surface area (Å²) in [5.74, 6) is -0.480. The van der Waals surface area contributed by atoms with Crippen molar-refractivity contribution in [1.82, 2.24) is 9.66 Å². The number of primary amides is 1. The summed E-state index contributed by atoms with van der Waals surface area (Å²) >= 11 is 0. The summed E-state index contributed by atoms with van der Waals surface area (Å²) in [5.41, 5.74) is 5.30. The average Bonchev–Trinajstić information content (AvgIpc) is 2.86. The van der Waals surface area contributed by atoms with E-state index in [9.17, 15) is 22.8 Å². The number of fused-ring (bicyclic) bond motifs is 1. The predicted octanol–water partition coefficient (Wildman–Crippen LogP) is 3.89. The van der Waals surface area contributed by atoms with Gasteiger partial charge in [-0.2, -0.15) is 22.9 Å². The lowest BCUT2D eigenvalue weighted by atomic mass is 10.1. The Kier molecular flexibility index (Phi) is 6.96. The Morgan fingerprint density at radius 3 is 2.57 bits per heavy atom. The average molecular weight is 509 g/mol. The first-order valence-corrected chi connectivity index (χ1v) is 11.0. The van der Waals surface area contributed by atoms with Crippen LogP contribution in [0.1, 0.15) is 11.1 Å². The fourth-order valence-corrected chi connectivity index (χ4v) is 3.55. The molecular formula is C26H22F3N5O3. The third kappa shape index (κ3) is 5.61. The van der Waals surface area contributed by atoms with Crippen LogP contribution in [0.4, 0.5) is 18.9 Å². The number of hydrogen-bond donors (Lipinski definition) is 1. The van der Waals surface area contributed by atoms with Crippen molar-refractivity contribution in [3.8, 4) is 17.1 Å². The monoisotopic (exact) mass is 509 g/mol. The van der Waals surface area contributed by atoms with Crippen molar-refractivity contribution in [1.29, 1.82) is 0 Å². The number of rotatable bonds is 7. The van der Waals surface area contributed by atoms with Crippen LogP contribution in [0.2, 0.25) is 0 Å². The van der Waals surface area contributed by atoms with Gasteiger partial charge in [-0.1, -0.05) is 24.3 Å². The highest BCUT2D eigenvalue weighted by Crippen LogP contribution is 2.32. The zero-order valence-electron chi connectivity index (χ0n) is 19.9. The highest BCUT2D eigenvalue weighted by molar-refractivity contribution is 5.86. The summed E-state index contributed by atoms with van der Waals surface area (Å²) in [6, 6.07) is 16.1. The molecule has 4 rings (SSSR count). The molecule has 11 heteroatoms. The van der Waals surface area contributed by atoms with Crippen LogP contribution in [-0.4, -0.2) is 42.5 Å². The Morgan fingerprint density at radius 2 is 1.86 bits per heavy atom. The minimum Gasteiger partial charge on any atom is -0.483 e. The first kappa shape index (κ1) is 25.4. The van der Waals surface area contributed by atoms with Crippen LogP contribution >= 0.6 is 0 Å². The number of nitrogens with two attached hydrogens (primary N) is 1. The Balaban J connectivity index is 1.89. The zero-order valence-corrected chi connectivity index (χ0v) is 19.9. The molecule has 0 fully saturated rings. The number of halogens is 3. The second kappa shape index (κ2) is 10.1. The highest BCUT2D eigenvalue weighted by Gasteiger charge is 2.31. The molecule has 0 aliphatic carbocycles. The van der Waals surface area contributed by atoms with Crippen LogP contribution in [0, 0.1) is 0 Å². The van der Waals surface area contributed by atoms with E-state index >= 15 is 0 Å². The van der Waals surface area contributed by atoms with Crippen LogP contribution in [0.25, 0.3) is 22.3 Å². The molecule has 1 amide bonds. The van der Waals surface area contributed by atoms with Crippen LogP contribution in [-0.2, 0) is 11.0 Å². The molecule has 4 aromatic rings. The Hall–Kier alpha value is -4.67. The van der Waals surface area contributed by atoms with Gasteiger partial charge in [0.25, 0.3) is 11.5 Å². The molecule has 1 aromatic heterocycles. The summed E-state index contributed by atoms with van der Waals surface area (Å²) < 4.78 is 46.6. The maximum atomic E-state index is 13.4. The molecule has 0 bridgehead atoms. The first-order chi connectivity index (χ1) is 17.5. The lowest BCUT2D eigenvalue weighted by molar-refractivity contribution is -0.137. The van der Waals surface area contributed by atoms with Crippen LogP contribution in [0.5, 0.6) is 5.75 Å². The van der Waals surface area contributed by atoms with E-state index < -0.39 is 23.2 Å². The maximum absolute atomic E-state index is 13.4. The molecule has 0 aliphatic heterocycles. The molecule has 0 unspecified atom stereocenters. The van der Waals surface area contributed by atoms with Crippen LogP contribution < -0.4 is 20.9 Å². The number of hydrogen-bond acceptors (Lipinski definition) is 6. The van der Waals surface area contributed by atoms with Gasteiger partial charge in [0.1, 0.15) is 5.75 Å². The molecular weight excluding hydrogens is 487 g/mol. The molecule has 1 heterocycles. The fraction of sp³-hybridized carbons (Fsp3) is 0.154. The fourth-order valence-electron chi connectivity index (χ4n) is 3.55. The molecule has 0 saturated heterocycles. The minimum absolute atomic E-state index is 0.0583.